The van der Waals surface area contributed by atoms with Gasteiger partial charge in [0.2, 0.25) is 0 Å². The molecule has 0 saturated carbocycles. The zero-order valence-corrected chi connectivity index (χ0v) is 14.4. The molecule has 0 saturated heterocycles. The summed E-state index contributed by atoms with van der Waals surface area (Å²) < 4.78 is 11.3. The Bertz CT molecular complexity index is 647. The summed E-state index contributed by atoms with van der Waals surface area (Å²) in [5.74, 6) is 0.817. The zero-order chi connectivity index (χ0) is 16.2. The highest BCUT2D eigenvalue weighted by atomic mass is 79.9. The van der Waals surface area contributed by atoms with Crippen molar-refractivity contribution in [3.05, 3.63) is 46.8 Å². The van der Waals surface area contributed by atoms with E-state index in [9.17, 15) is 4.79 Å². The first kappa shape index (κ1) is 16.4. The van der Waals surface area contributed by atoms with Crippen LogP contribution in [0.4, 0.5) is 16.2 Å². The molecule has 22 heavy (non-hydrogen) atoms. The second kappa shape index (κ2) is 6.87. The maximum Gasteiger partial charge on any atom is 0.412 e. The van der Waals surface area contributed by atoms with E-state index in [4.69, 9.17) is 9.15 Å². The van der Waals surface area contributed by atoms with Crippen LogP contribution in [0.3, 0.4) is 0 Å². The van der Waals surface area contributed by atoms with Crippen molar-refractivity contribution in [2.45, 2.75) is 32.9 Å². The molecule has 0 bridgehead atoms. The number of anilines is 2. The predicted molar refractivity (Wildman–Crippen MR) is 90.0 cm³/mol. The Morgan fingerprint density at radius 1 is 1.23 bits per heavy atom. The van der Waals surface area contributed by atoms with Crippen LogP contribution < -0.4 is 10.6 Å². The molecule has 0 radical (unpaired) electrons. The van der Waals surface area contributed by atoms with E-state index in [2.05, 4.69) is 26.6 Å². The summed E-state index contributed by atoms with van der Waals surface area (Å²) in [5, 5.41) is 5.94. The Morgan fingerprint density at radius 3 is 2.59 bits per heavy atom. The normalized spacial score (nSPS) is 11.1. The Balaban J connectivity index is 1.93. The van der Waals surface area contributed by atoms with Crippen molar-refractivity contribution in [2.75, 3.05) is 10.6 Å². The Kier molecular flexibility index (Phi) is 5.13. The Hall–Kier alpha value is -1.95. The fourth-order valence-corrected chi connectivity index (χ4v) is 2.10. The molecular formula is C16H19BrN2O3. The predicted octanol–water partition coefficient (Wildman–Crippen LogP) is 5.00. The molecule has 2 rings (SSSR count). The van der Waals surface area contributed by atoms with E-state index in [1.165, 1.54) is 0 Å². The second-order valence-electron chi connectivity index (χ2n) is 5.77. The number of ether oxygens (including phenoxy) is 1. The van der Waals surface area contributed by atoms with Crippen LogP contribution >= 0.6 is 15.9 Å². The van der Waals surface area contributed by atoms with Crippen LogP contribution in [0.15, 0.2) is 45.5 Å². The molecule has 0 aliphatic rings. The average molecular weight is 367 g/mol. The molecule has 1 aromatic carbocycles. The number of hydrogen-bond acceptors (Lipinski definition) is 4. The highest BCUT2D eigenvalue weighted by Gasteiger charge is 2.16. The van der Waals surface area contributed by atoms with Crippen LogP contribution in [0.5, 0.6) is 0 Å². The van der Waals surface area contributed by atoms with E-state index in [1.807, 2.05) is 51.1 Å². The number of hydrogen-bond donors (Lipinski definition) is 2. The molecule has 1 heterocycles. The van der Waals surface area contributed by atoms with Gasteiger partial charge in [0.25, 0.3) is 0 Å². The molecular weight excluding hydrogens is 348 g/mol. The van der Waals surface area contributed by atoms with E-state index in [0.717, 1.165) is 11.4 Å². The maximum absolute atomic E-state index is 11.7. The van der Waals surface area contributed by atoms with Crippen molar-refractivity contribution in [3.8, 4) is 0 Å². The topological polar surface area (TPSA) is 63.5 Å². The van der Waals surface area contributed by atoms with Crippen LogP contribution in [0.1, 0.15) is 26.5 Å². The summed E-state index contributed by atoms with van der Waals surface area (Å²) in [4.78, 5) is 11.7. The number of carbonyl (C=O) groups is 1. The SMILES string of the molecule is CC(C)(C)OC(=O)Nc1cccc(NCc2ccc(Br)o2)c1. The Morgan fingerprint density at radius 2 is 1.95 bits per heavy atom. The van der Waals surface area contributed by atoms with Crippen molar-refractivity contribution in [1.82, 2.24) is 0 Å². The summed E-state index contributed by atoms with van der Waals surface area (Å²) in [6.45, 7) is 6.03. The second-order valence-corrected chi connectivity index (χ2v) is 6.55. The molecule has 0 fully saturated rings. The molecule has 0 aliphatic heterocycles. The minimum absolute atomic E-state index is 0.473. The lowest BCUT2D eigenvalue weighted by molar-refractivity contribution is 0.0636. The van der Waals surface area contributed by atoms with E-state index >= 15 is 0 Å². The van der Waals surface area contributed by atoms with Gasteiger partial charge in [0.05, 0.1) is 6.54 Å². The fourth-order valence-electron chi connectivity index (χ4n) is 1.76. The summed E-state index contributed by atoms with van der Waals surface area (Å²) in [7, 11) is 0. The van der Waals surface area contributed by atoms with Gasteiger partial charge in [-0.15, -0.1) is 0 Å². The largest absolute Gasteiger partial charge is 0.452 e. The van der Waals surface area contributed by atoms with Gasteiger partial charge in [-0.25, -0.2) is 4.79 Å². The number of furan rings is 1. The van der Waals surface area contributed by atoms with E-state index in [0.29, 0.717) is 16.9 Å². The van der Waals surface area contributed by atoms with Crippen LogP contribution in [0, 0.1) is 0 Å². The minimum atomic E-state index is -0.521. The lowest BCUT2D eigenvalue weighted by Crippen LogP contribution is -2.27. The number of rotatable bonds is 4. The van der Waals surface area contributed by atoms with Crippen molar-refractivity contribution in [1.29, 1.82) is 0 Å². The monoisotopic (exact) mass is 366 g/mol. The summed E-state index contributed by atoms with van der Waals surface area (Å²) in [6, 6.07) is 11.1. The quantitative estimate of drug-likeness (QED) is 0.798. The first-order valence-electron chi connectivity index (χ1n) is 6.90. The number of amides is 1. The third kappa shape index (κ3) is 5.44. The summed E-state index contributed by atoms with van der Waals surface area (Å²) in [5.41, 5.74) is 1.02. The fraction of sp³-hybridized carbons (Fsp3) is 0.312. The van der Waals surface area contributed by atoms with Gasteiger partial charge in [0, 0.05) is 11.4 Å². The summed E-state index contributed by atoms with van der Waals surface area (Å²) >= 11 is 3.27. The van der Waals surface area contributed by atoms with Gasteiger partial charge in [-0.2, -0.15) is 0 Å². The number of carbonyl (C=O) groups excluding carboxylic acids is 1. The highest BCUT2D eigenvalue weighted by Crippen LogP contribution is 2.19. The van der Waals surface area contributed by atoms with Gasteiger partial charge < -0.3 is 14.5 Å². The molecule has 1 aromatic heterocycles. The number of nitrogens with one attached hydrogen (secondary N) is 2. The standard InChI is InChI=1S/C16H19BrN2O3/c1-16(2,3)22-15(20)19-12-6-4-5-11(9-12)18-10-13-7-8-14(17)21-13/h4-9,18H,10H2,1-3H3,(H,19,20). The zero-order valence-electron chi connectivity index (χ0n) is 12.8. The van der Waals surface area contributed by atoms with Crippen LogP contribution in [-0.2, 0) is 11.3 Å². The lowest BCUT2D eigenvalue weighted by atomic mass is 10.2. The number of halogens is 1. The van der Waals surface area contributed by atoms with E-state index < -0.39 is 11.7 Å². The highest BCUT2D eigenvalue weighted by molar-refractivity contribution is 9.10. The van der Waals surface area contributed by atoms with Gasteiger partial charge in [-0.05, 0) is 67.0 Å². The van der Waals surface area contributed by atoms with Crippen molar-refractivity contribution in [3.63, 3.8) is 0 Å². The van der Waals surface area contributed by atoms with Crippen LogP contribution in [0.2, 0.25) is 0 Å². The minimum Gasteiger partial charge on any atom is -0.452 e. The maximum atomic E-state index is 11.7. The molecule has 2 aromatic rings. The Labute approximate surface area is 138 Å². The smallest absolute Gasteiger partial charge is 0.412 e. The van der Waals surface area contributed by atoms with Gasteiger partial charge in [0.15, 0.2) is 4.67 Å². The molecule has 2 N–H and O–H groups in total. The molecule has 6 heteroatoms. The molecule has 0 atom stereocenters. The van der Waals surface area contributed by atoms with E-state index in [-0.39, 0.29) is 0 Å². The molecule has 0 aliphatic carbocycles. The van der Waals surface area contributed by atoms with Gasteiger partial charge in [-0.1, -0.05) is 6.07 Å². The molecule has 118 valence electrons. The van der Waals surface area contributed by atoms with E-state index in [1.54, 1.807) is 6.07 Å². The third-order valence-electron chi connectivity index (χ3n) is 2.60. The third-order valence-corrected chi connectivity index (χ3v) is 3.03. The van der Waals surface area contributed by atoms with Crippen molar-refractivity contribution < 1.29 is 13.9 Å². The van der Waals surface area contributed by atoms with Crippen molar-refractivity contribution >= 4 is 33.4 Å². The summed E-state index contributed by atoms with van der Waals surface area (Å²) in [6.07, 6.45) is -0.473. The number of benzene rings is 1. The van der Waals surface area contributed by atoms with Crippen LogP contribution in [0.25, 0.3) is 0 Å². The molecule has 1 amide bonds. The molecule has 0 unspecified atom stereocenters. The average Bonchev–Trinajstić information content (AvgIpc) is 2.80. The van der Waals surface area contributed by atoms with Gasteiger partial charge in [-0.3, -0.25) is 5.32 Å². The lowest BCUT2D eigenvalue weighted by Gasteiger charge is -2.19. The van der Waals surface area contributed by atoms with Crippen molar-refractivity contribution in [2.24, 2.45) is 0 Å². The first-order chi connectivity index (χ1) is 10.3. The first-order valence-corrected chi connectivity index (χ1v) is 7.69. The molecule has 0 spiro atoms. The van der Waals surface area contributed by atoms with Gasteiger partial charge >= 0.3 is 6.09 Å². The van der Waals surface area contributed by atoms with Gasteiger partial charge in [0.1, 0.15) is 11.4 Å². The molecule has 5 nitrogen and oxygen atoms in total. The van der Waals surface area contributed by atoms with Crippen LogP contribution in [-0.4, -0.2) is 11.7 Å².